The van der Waals surface area contributed by atoms with Crippen molar-refractivity contribution in [2.75, 3.05) is 28.3 Å². The zero-order valence-electron chi connectivity index (χ0n) is 16.3. The van der Waals surface area contributed by atoms with Crippen LogP contribution in [0.4, 0.5) is 0 Å². The van der Waals surface area contributed by atoms with Crippen molar-refractivity contribution in [2.45, 2.75) is 38.2 Å². The molecule has 0 spiro atoms. The highest BCUT2D eigenvalue weighted by molar-refractivity contribution is 6.38. The van der Waals surface area contributed by atoms with E-state index in [1.807, 2.05) is 0 Å². The number of nitrogens with zero attached hydrogens (tertiary/aromatic N) is 1. The zero-order valence-corrected chi connectivity index (χ0v) is 17.1. The number of Topliss-reactive ketones (excluding diaryl/α,β-unsaturated/α-hetero) is 2. The predicted molar refractivity (Wildman–Crippen MR) is 105 cm³/mol. The van der Waals surface area contributed by atoms with Crippen molar-refractivity contribution in [2.24, 2.45) is 5.92 Å². The van der Waals surface area contributed by atoms with Crippen molar-refractivity contribution in [3.63, 3.8) is 0 Å². The van der Waals surface area contributed by atoms with Crippen LogP contribution in [0.15, 0.2) is 17.8 Å². The van der Waals surface area contributed by atoms with Crippen LogP contribution in [0.1, 0.15) is 53.3 Å². The van der Waals surface area contributed by atoms with Gasteiger partial charge in [0.2, 0.25) is 0 Å². The lowest BCUT2D eigenvalue weighted by Gasteiger charge is -2.28. The number of hydrogen-bond acceptors (Lipinski definition) is 5. The van der Waals surface area contributed by atoms with Crippen molar-refractivity contribution in [3.8, 4) is 5.75 Å². The number of ketones is 2. The SMILES string of the molecule is COc1cc(C(=O)/C(=C/N(C)C)C(=O)C2CC2)c(Cl)c2c1CCCC2OC. The predicted octanol–water partition coefficient (Wildman–Crippen LogP) is 3.98. The van der Waals surface area contributed by atoms with E-state index in [1.165, 1.54) is 0 Å². The lowest BCUT2D eigenvalue weighted by molar-refractivity contribution is -0.116. The van der Waals surface area contributed by atoms with Gasteiger partial charge in [-0.3, -0.25) is 9.59 Å². The third-order valence-corrected chi connectivity index (χ3v) is 5.59. The Hall–Kier alpha value is -1.85. The molecule has 2 aliphatic rings. The molecule has 0 aromatic heterocycles. The molecular weight excluding hydrogens is 366 g/mol. The maximum absolute atomic E-state index is 13.3. The summed E-state index contributed by atoms with van der Waals surface area (Å²) < 4.78 is 11.2. The molecular formula is C21H26ClNO4. The van der Waals surface area contributed by atoms with Gasteiger partial charge >= 0.3 is 0 Å². The van der Waals surface area contributed by atoms with Crippen LogP contribution in [0.3, 0.4) is 0 Å². The summed E-state index contributed by atoms with van der Waals surface area (Å²) in [4.78, 5) is 27.8. The first kappa shape index (κ1) is 19.9. The van der Waals surface area contributed by atoms with Gasteiger partial charge in [-0.1, -0.05) is 11.6 Å². The van der Waals surface area contributed by atoms with Gasteiger partial charge in [-0.2, -0.15) is 0 Å². The number of benzene rings is 1. The minimum absolute atomic E-state index is 0.0508. The van der Waals surface area contributed by atoms with Crippen LogP contribution in [0.5, 0.6) is 5.75 Å². The van der Waals surface area contributed by atoms with Crippen LogP contribution in [0.2, 0.25) is 5.02 Å². The number of methoxy groups -OCH3 is 2. The van der Waals surface area contributed by atoms with E-state index in [0.29, 0.717) is 16.3 Å². The second kappa shape index (κ2) is 8.03. The third kappa shape index (κ3) is 3.90. The lowest BCUT2D eigenvalue weighted by atomic mass is 9.85. The molecule has 3 rings (SSSR count). The van der Waals surface area contributed by atoms with Crippen LogP contribution in [0, 0.1) is 5.92 Å². The summed E-state index contributed by atoms with van der Waals surface area (Å²) in [6.07, 6.45) is 5.73. The fourth-order valence-corrected chi connectivity index (χ4v) is 4.06. The topological polar surface area (TPSA) is 55.8 Å². The van der Waals surface area contributed by atoms with Crippen molar-refractivity contribution < 1.29 is 19.1 Å². The van der Waals surface area contributed by atoms with Gasteiger partial charge < -0.3 is 14.4 Å². The highest BCUT2D eigenvalue weighted by Gasteiger charge is 2.37. The molecule has 1 atom stereocenters. The van der Waals surface area contributed by atoms with Crippen molar-refractivity contribution in [3.05, 3.63) is 39.6 Å². The Labute approximate surface area is 165 Å². The van der Waals surface area contributed by atoms with Crippen LogP contribution in [-0.4, -0.2) is 44.8 Å². The van der Waals surface area contributed by atoms with Gasteiger partial charge in [0.1, 0.15) is 5.75 Å². The molecule has 1 fully saturated rings. The number of carbonyl (C=O) groups is 2. The Morgan fingerprint density at radius 1 is 1.22 bits per heavy atom. The molecule has 27 heavy (non-hydrogen) atoms. The van der Waals surface area contributed by atoms with E-state index in [0.717, 1.165) is 43.2 Å². The van der Waals surface area contributed by atoms with E-state index in [-0.39, 0.29) is 29.2 Å². The van der Waals surface area contributed by atoms with Gasteiger partial charge in [-0.15, -0.1) is 0 Å². The largest absolute Gasteiger partial charge is 0.496 e. The number of fused-ring (bicyclic) bond motifs is 1. The first-order valence-electron chi connectivity index (χ1n) is 9.28. The standard InChI is InChI=1S/C21H26ClNO4/c1-23(2)11-15(20(24)12-8-9-12)21(25)14-10-17(27-4)13-6-5-7-16(26-3)18(13)19(14)22/h10-12,16H,5-9H2,1-4H3/b15-11+. The summed E-state index contributed by atoms with van der Waals surface area (Å²) in [5.41, 5.74) is 2.29. The Morgan fingerprint density at radius 3 is 2.48 bits per heavy atom. The molecule has 0 heterocycles. The number of rotatable bonds is 7. The Bertz CT molecular complexity index is 796. The molecule has 5 nitrogen and oxygen atoms in total. The number of halogens is 1. The molecule has 1 saturated carbocycles. The van der Waals surface area contributed by atoms with Crippen LogP contribution in [-0.2, 0) is 16.0 Å². The van der Waals surface area contributed by atoms with E-state index >= 15 is 0 Å². The van der Waals surface area contributed by atoms with E-state index in [4.69, 9.17) is 21.1 Å². The number of carbonyl (C=O) groups excluding carboxylic acids is 2. The highest BCUT2D eigenvalue weighted by Crippen LogP contribution is 2.44. The van der Waals surface area contributed by atoms with Gasteiger partial charge in [-0.25, -0.2) is 0 Å². The fraction of sp³-hybridized carbons (Fsp3) is 0.524. The lowest BCUT2D eigenvalue weighted by Crippen LogP contribution is -2.21. The van der Waals surface area contributed by atoms with E-state index in [2.05, 4.69) is 0 Å². The fourth-order valence-electron chi connectivity index (χ4n) is 3.68. The van der Waals surface area contributed by atoms with E-state index in [1.54, 1.807) is 45.5 Å². The summed E-state index contributed by atoms with van der Waals surface area (Å²) in [6, 6.07) is 1.67. The molecule has 6 heteroatoms. The summed E-state index contributed by atoms with van der Waals surface area (Å²) >= 11 is 6.70. The summed E-state index contributed by atoms with van der Waals surface area (Å²) in [5, 5.41) is 0.371. The minimum Gasteiger partial charge on any atom is -0.496 e. The van der Waals surface area contributed by atoms with E-state index < -0.39 is 0 Å². The van der Waals surface area contributed by atoms with Crippen molar-refractivity contribution in [1.82, 2.24) is 4.90 Å². The second-order valence-electron chi connectivity index (χ2n) is 7.42. The first-order chi connectivity index (χ1) is 12.9. The molecule has 0 amide bonds. The van der Waals surface area contributed by atoms with Gasteiger partial charge in [0.15, 0.2) is 11.6 Å². The molecule has 0 radical (unpaired) electrons. The number of hydrogen-bond donors (Lipinski definition) is 0. The summed E-state index contributed by atoms with van der Waals surface area (Å²) in [5.74, 6) is 0.115. The molecule has 1 aromatic carbocycles. The molecule has 0 N–H and O–H groups in total. The second-order valence-corrected chi connectivity index (χ2v) is 7.80. The van der Waals surface area contributed by atoms with Crippen LogP contribution >= 0.6 is 11.6 Å². The summed E-state index contributed by atoms with van der Waals surface area (Å²) in [7, 11) is 6.82. The Balaban J connectivity index is 2.12. The molecule has 1 aromatic rings. The van der Waals surface area contributed by atoms with E-state index in [9.17, 15) is 9.59 Å². The number of allylic oxidation sites excluding steroid dienone is 1. The normalized spacial score (nSPS) is 19.4. The molecule has 2 aliphatic carbocycles. The maximum Gasteiger partial charge on any atom is 0.199 e. The van der Waals surface area contributed by atoms with Gasteiger partial charge in [0.25, 0.3) is 0 Å². The molecule has 1 unspecified atom stereocenters. The Morgan fingerprint density at radius 2 is 1.93 bits per heavy atom. The average Bonchev–Trinajstić information content (AvgIpc) is 3.50. The number of ether oxygens (including phenoxy) is 2. The van der Waals surface area contributed by atoms with Gasteiger partial charge in [0, 0.05) is 50.0 Å². The Kier molecular flexibility index (Phi) is 5.92. The van der Waals surface area contributed by atoms with Gasteiger partial charge in [0.05, 0.1) is 23.8 Å². The maximum atomic E-state index is 13.3. The molecule has 0 saturated heterocycles. The summed E-state index contributed by atoms with van der Waals surface area (Å²) in [6.45, 7) is 0. The monoisotopic (exact) mass is 391 g/mol. The van der Waals surface area contributed by atoms with Crippen LogP contribution in [0.25, 0.3) is 0 Å². The van der Waals surface area contributed by atoms with Crippen molar-refractivity contribution in [1.29, 1.82) is 0 Å². The van der Waals surface area contributed by atoms with Crippen molar-refractivity contribution >= 4 is 23.2 Å². The average molecular weight is 392 g/mol. The van der Waals surface area contributed by atoms with Gasteiger partial charge in [-0.05, 0) is 38.2 Å². The van der Waals surface area contributed by atoms with Crippen LogP contribution < -0.4 is 4.74 Å². The first-order valence-corrected chi connectivity index (χ1v) is 9.66. The highest BCUT2D eigenvalue weighted by atomic mass is 35.5. The zero-order chi connectivity index (χ0) is 19.7. The smallest absolute Gasteiger partial charge is 0.199 e. The minimum atomic E-state index is -0.355. The third-order valence-electron chi connectivity index (χ3n) is 5.18. The molecule has 0 bridgehead atoms. The molecule has 0 aliphatic heterocycles. The quantitative estimate of drug-likeness (QED) is 0.304. The molecule has 146 valence electrons.